The molecule has 0 atom stereocenters. The van der Waals surface area contributed by atoms with E-state index < -0.39 is 0 Å². The molecule has 1 aromatic rings. The highest BCUT2D eigenvalue weighted by molar-refractivity contribution is 14.1. The Kier molecular flexibility index (Phi) is 2.44. The average molecular weight is 356 g/mol. The van der Waals surface area contributed by atoms with Crippen molar-refractivity contribution in [3.05, 3.63) is 32.8 Å². The molecule has 0 saturated carbocycles. The minimum Gasteiger partial charge on any atom is -0.273 e. The quantitative estimate of drug-likeness (QED) is 0.627. The van der Waals surface area contributed by atoms with E-state index in [-0.39, 0.29) is 0 Å². The molecule has 1 aliphatic heterocycles. The maximum absolute atomic E-state index is 5.95. The van der Waals surface area contributed by atoms with E-state index in [9.17, 15) is 0 Å². The highest BCUT2D eigenvalue weighted by Crippen LogP contribution is 2.31. The summed E-state index contributed by atoms with van der Waals surface area (Å²) in [6.45, 7) is 0.781. The smallest absolute Gasteiger partial charge is 0.103 e. The summed E-state index contributed by atoms with van der Waals surface area (Å²) < 4.78 is 2.00. The Bertz CT molecular complexity index is 376. The van der Waals surface area contributed by atoms with Crippen molar-refractivity contribution in [1.82, 2.24) is 0 Å². The van der Waals surface area contributed by atoms with Gasteiger partial charge in [0.25, 0.3) is 0 Å². The first-order valence-electron chi connectivity index (χ1n) is 3.37. The molecule has 0 aromatic heterocycles. The van der Waals surface area contributed by atoms with E-state index >= 15 is 0 Å². The number of fused-ring (bicyclic) bond motifs is 1. The number of hydrogen-bond donors (Lipinski definition) is 0. The Morgan fingerprint density at radius 1 is 1.50 bits per heavy atom. The minimum atomic E-state index is 0.750. The van der Waals surface area contributed by atoms with E-state index in [2.05, 4.69) is 43.5 Å². The maximum atomic E-state index is 5.95. The van der Waals surface area contributed by atoms with Gasteiger partial charge in [-0.05, 0) is 56.2 Å². The van der Waals surface area contributed by atoms with E-state index in [1.165, 1.54) is 11.1 Å². The SMILES string of the molecule is Clc1cc2c(cc1Br)CN=C2I. The molecule has 1 aromatic carbocycles. The van der Waals surface area contributed by atoms with E-state index in [0.29, 0.717) is 0 Å². The molecule has 0 amide bonds. The maximum Gasteiger partial charge on any atom is 0.103 e. The molecule has 0 saturated heterocycles. The molecule has 0 radical (unpaired) electrons. The van der Waals surface area contributed by atoms with Crippen LogP contribution in [0.4, 0.5) is 0 Å². The molecule has 0 bridgehead atoms. The van der Waals surface area contributed by atoms with Crippen LogP contribution >= 0.6 is 50.1 Å². The lowest BCUT2D eigenvalue weighted by atomic mass is 10.1. The highest BCUT2D eigenvalue weighted by atomic mass is 127. The minimum absolute atomic E-state index is 0.750. The highest BCUT2D eigenvalue weighted by Gasteiger charge is 2.14. The molecule has 1 aliphatic rings. The molecule has 0 fully saturated rings. The summed E-state index contributed by atoms with van der Waals surface area (Å²) in [5, 5.41) is 0.750. The number of halogens is 3. The van der Waals surface area contributed by atoms with Gasteiger partial charge in [-0.2, -0.15) is 0 Å². The lowest BCUT2D eigenvalue weighted by molar-refractivity contribution is 1.11. The van der Waals surface area contributed by atoms with Crippen molar-refractivity contribution < 1.29 is 0 Å². The first-order valence-corrected chi connectivity index (χ1v) is 5.61. The molecule has 0 unspecified atom stereocenters. The van der Waals surface area contributed by atoms with Crippen molar-refractivity contribution in [2.24, 2.45) is 4.99 Å². The van der Waals surface area contributed by atoms with E-state index in [0.717, 1.165) is 19.8 Å². The van der Waals surface area contributed by atoms with Crippen molar-refractivity contribution in [2.75, 3.05) is 0 Å². The largest absolute Gasteiger partial charge is 0.273 e. The fourth-order valence-corrected chi connectivity index (χ4v) is 2.38. The van der Waals surface area contributed by atoms with Gasteiger partial charge in [-0.25, -0.2) is 0 Å². The Hall–Kier alpha value is 0.390. The zero-order valence-electron chi connectivity index (χ0n) is 5.94. The molecular weight excluding hydrogens is 352 g/mol. The Morgan fingerprint density at radius 3 is 3.00 bits per heavy atom. The number of nitrogens with zero attached hydrogens (tertiary/aromatic N) is 1. The number of benzene rings is 1. The van der Waals surface area contributed by atoms with Crippen molar-refractivity contribution >= 4 is 53.8 Å². The van der Waals surface area contributed by atoms with Gasteiger partial charge in [-0.15, -0.1) is 0 Å². The fourth-order valence-electron chi connectivity index (χ4n) is 1.15. The van der Waals surface area contributed by atoms with Crippen molar-refractivity contribution in [3.63, 3.8) is 0 Å². The van der Waals surface area contributed by atoms with E-state index in [1.807, 2.05) is 12.1 Å². The first-order chi connectivity index (χ1) is 5.68. The van der Waals surface area contributed by atoms with Crippen LogP contribution in [-0.4, -0.2) is 3.72 Å². The summed E-state index contributed by atoms with van der Waals surface area (Å²) in [5.74, 6) is 0. The van der Waals surface area contributed by atoms with Gasteiger partial charge in [0.2, 0.25) is 0 Å². The molecule has 1 nitrogen and oxygen atoms in total. The van der Waals surface area contributed by atoms with Crippen molar-refractivity contribution in [1.29, 1.82) is 0 Å². The zero-order valence-corrected chi connectivity index (χ0v) is 10.4. The summed E-state index contributed by atoms with van der Waals surface area (Å²) in [6, 6.07) is 3.99. The van der Waals surface area contributed by atoms with Crippen molar-refractivity contribution in [3.8, 4) is 0 Å². The van der Waals surface area contributed by atoms with Gasteiger partial charge in [0, 0.05) is 10.0 Å². The third kappa shape index (κ3) is 1.42. The van der Waals surface area contributed by atoms with Crippen LogP contribution in [0, 0.1) is 0 Å². The second-order valence-electron chi connectivity index (χ2n) is 2.53. The van der Waals surface area contributed by atoms with Gasteiger partial charge in [0.15, 0.2) is 0 Å². The lowest BCUT2D eigenvalue weighted by Gasteiger charge is -2.01. The van der Waals surface area contributed by atoms with Crippen LogP contribution in [0.3, 0.4) is 0 Å². The van der Waals surface area contributed by atoms with Crippen molar-refractivity contribution in [2.45, 2.75) is 6.54 Å². The third-order valence-corrected chi connectivity index (χ3v) is 3.88. The molecule has 12 heavy (non-hydrogen) atoms. The van der Waals surface area contributed by atoms with Crippen LogP contribution in [0.25, 0.3) is 0 Å². The van der Waals surface area contributed by atoms with Gasteiger partial charge >= 0.3 is 0 Å². The summed E-state index contributed by atoms with van der Waals surface area (Å²) in [7, 11) is 0. The number of hydrogen-bond acceptors (Lipinski definition) is 1. The molecular formula is C8H4BrClIN. The second kappa shape index (κ2) is 3.27. The standard InChI is InChI=1S/C8H4BrClIN/c9-6-1-4-3-12-8(11)5(4)2-7(6)10/h1-2H,3H2. The average Bonchev–Trinajstić information content (AvgIpc) is 2.35. The van der Waals surface area contributed by atoms with Crippen LogP contribution in [-0.2, 0) is 6.54 Å². The van der Waals surface area contributed by atoms with Crippen LogP contribution in [0.5, 0.6) is 0 Å². The van der Waals surface area contributed by atoms with Gasteiger partial charge < -0.3 is 0 Å². The fraction of sp³-hybridized carbons (Fsp3) is 0.125. The topological polar surface area (TPSA) is 12.4 Å². The van der Waals surface area contributed by atoms with E-state index in [4.69, 9.17) is 11.6 Å². The Labute approximate surface area is 97.5 Å². The number of rotatable bonds is 0. The Morgan fingerprint density at radius 2 is 2.25 bits per heavy atom. The molecule has 4 heteroatoms. The normalized spacial score (nSPS) is 14.4. The lowest BCUT2D eigenvalue weighted by Crippen LogP contribution is -1.88. The molecule has 1 heterocycles. The summed E-state index contributed by atoms with van der Waals surface area (Å²) in [6.07, 6.45) is 0. The zero-order chi connectivity index (χ0) is 8.72. The summed E-state index contributed by atoms with van der Waals surface area (Å²) in [4.78, 5) is 4.31. The molecule has 62 valence electrons. The molecule has 0 aliphatic carbocycles. The van der Waals surface area contributed by atoms with Crippen LogP contribution in [0.1, 0.15) is 11.1 Å². The number of aliphatic imine (C=N–C) groups is 1. The van der Waals surface area contributed by atoms with Gasteiger partial charge in [-0.3, -0.25) is 4.99 Å². The van der Waals surface area contributed by atoms with E-state index in [1.54, 1.807) is 0 Å². The summed E-state index contributed by atoms with van der Waals surface area (Å²) >= 11 is 11.6. The van der Waals surface area contributed by atoms with Gasteiger partial charge in [0.1, 0.15) is 3.72 Å². The summed E-state index contributed by atoms with van der Waals surface area (Å²) in [5.41, 5.74) is 2.42. The first kappa shape index (κ1) is 8.97. The second-order valence-corrected chi connectivity index (χ2v) is 4.81. The Balaban J connectivity index is 2.63. The monoisotopic (exact) mass is 355 g/mol. The predicted octanol–water partition coefficient (Wildman–Crippen LogP) is 3.80. The van der Waals surface area contributed by atoms with Crippen LogP contribution in [0.15, 0.2) is 21.6 Å². The predicted molar refractivity (Wildman–Crippen MR) is 63.4 cm³/mol. The molecule has 0 spiro atoms. The third-order valence-electron chi connectivity index (χ3n) is 1.76. The van der Waals surface area contributed by atoms with Gasteiger partial charge in [0.05, 0.1) is 11.6 Å². The van der Waals surface area contributed by atoms with Crippen LogP contribution < -0.4 is 0 Å². The van der Waals surface area contributed by atoms with Crippen LogP contribution in [0.2, 0.25) is 5.02 Å². The molecule has 2 rings (SSSR count). The molecule has 0 N–H and O–H groups in total. The van der Waals surface area contributed by atoms with Gasteiger partial charge in [-0.1, -0.05) is 11.6 Å².